The molecular formula is C14H17NO4. The highest BCUT2D eigenvalue weighted by molar-refractivity contribution is 5.94. The van der Waals surface area contributed by atoms with Gasteiger partial charge < -0.3 is 15.2 Å². The lowest BCUT2D eigenvalue weighted by Crippen LogP contribution is -2.35. The number of hydrogen-bond donors (Lipinski definition) is 2. The van der Waals surface area contributed by atoms with Crippen LogP contribution in [0.1, 0.15) is 22.8 Å². The minimum Gasteiger partial charge on any atom is -0.507 e. The van der Waals surface area contributed by atoms with Gasteiger partial charge in [0.15, 0.2) is 6.10 Å². The second kappa shape index (κ2) is 6.58. The third kappa shape index (κ3) is 4.13. The van der Waals surface area contributed by atoms with Crippen LogP contribution in [0.15, 0.2) is 30.9 Å². The fourth-order valence-corrected chi connectivity index (χ4v) is 1.41. The highest BCUT2D eigenvalue weighted by Crippen LogP contribution is 2.19. The number of rotatable bonds is 5. The van der Waals surface area contributed by atoms with Crippen molar-refractivity contribution in [3.8, 4) is 5.75 Å². The molecule has 5 heteroatoms. The molecule has 0 aliphatic carbocycles. The zero-order chi connectivity index (χ0) is 14.4. The third-order valence-corrected chi connectivity index (χ3v) is 2.45. The Morgan fingerprint density at radius 3 is 2.79 bits per heavy atom. The van der Waals surface area contributed by atoms with Crippen molar-refractivity contribution in [1.29, 1.82) is 0 Å². The van der Waals surface area contributed by atoms with E-state index in [1.54, 1.807) is 13.0 Å². The van der Waals surface area contributed by atoms with E-state index in [-0.39, 0.29) is 11.3 Å². The molecule has 1 atom stereocenters. The van der Waals surface area contributed by atoms with Gasteiger partial charge in [0.2, 0.25) is 0 Å². The van der Waals surface area contributed by atoms with Crippen LogP contribution in [-0.2, 0) is 9.53 Å². The van der Waals surface area contributed by atoms with Gasteiger partial charge in [0.25, 0.3) is 5.91 Å². The van der Waals surface area contributed by atoms with Crippen molar-refractivity contribution in [3.05, 3.63) is 42.0 Å². The first kappa shape index (κ1) is 14.8. The Hall–Kier alpha value is -2.30. The fraction of sp³-hybridized carbons (Fsp3) is 0.286. The van der Waals surface area contributed by atoms with Gasteiger partial charge in [-0.15, -0.1) is 6.58 Å². The molecule has 102 valence electrons. The van der Waals surface area contributed by atoms with Crippen molar-refractivity contribution >= 4 is 11.9 Å². The Morgan fingerprint density at radius 2 is 2.21 bits per heavy atom. The van der Waals surface area contributed by atoms with Gasteiger partial charge in [0.05, 0.1) is 0 Å². The summed E-state index contributed by atoms with van der Waals surface area (Å²) in [6, 6.07) is 4.60. The molecule has 0 bridgehead atoms. The summed E-state index contributed by atoms with van der Waals surface area (Å²) in [6.07, 6.45) is 0.589. The van der Waals surface area contributed by atoms with Crippen LogP contribution >= 0.6 is 0 Å². The van der Waals surface area contributed by atoms with Gasteiger partial charge in [-0.2, -0.15) is 0 Å². The normalized spacial score (nSPS) is 11.5. The van der Waals surface area contributed by atoms with Gasteiger partial charge in [-0.05, 0) is 31.5 Å². The molecule has 0 fully saturated rings. The maximum Gasteiger partial charge on any atom is 0.342 e. The zero-order valence-electron chi connectivity index (χ0n) is 11.0. The van der Waals surface area contributed by atoms with Crippen LogP contribution in [-0.4, -0.2) is 29.6 Å². The first-order valence-electron chi connectivity index (χ1n) is 5.85. The summed E-state index contributed by atoms with van der Waals surface area (Å²) >= 11 is 0. The van der Waals surface area contributed by atoms with E-state index in [0.29, 0.717) is 6.54 Å². The number of nitrogens with one attached hydrogen (secondary N) is 1. The minimum atomic E-state index is -0.937. The minimum absolute atomic E-state index is 0.0361. The van der Waals surface area contributed by atoms with Crippen molar-refractivity contribution in [2.75, 3.05) is 6.54 Å². The Kier molecular flexibility index (Phi) is 5.11. The largest absolute Gasteiger partial charge is 0.507 e. The average molecular weight is 263 g/mol. The van der Waals surface area contributed by atoms with Gasteiger partial charge in [-0.25, -0.2) is 4.79 Å². The number of carbonyl (C=O) groups excluding carboxylic acids is 2. The lowest BCUT2D eigenvalue weighted by atomic mass is 10.1. The molecule has 1 amide bonds. The Morgan fingerprint density at radius 1 is 1.53 bits per heavy atom. The second-order valence-electron chi connectivity index (χ2n) is 4.10. The van der Waals surface area contributed by atoms with E-state index < -0.39 is 18.0 Å². The van der Waals surface area contributed by atoms with Crippen molar-refractivity contribution in [2.45, 2.75) is 20.0 Å². The summed E-state index contributed by atoms with van der Waals surface area (Å²) in [5.41, 5.74) is 0.861. The van der Waals surface area contributed by atoms with Crippen LogP contribution in [0.4, 0.5) is 0 Å². The van der Waals surface area contributed by atoms with E-state index in [2.05, 4.69) is 11.9 Å². The molecule has 0 aromatic heterocycles. The molecule has 0 aliphatic heterocycles. The maximum absolute atomic E-state index is 11.8. The Labute approximate surface area is 111 Å². The SMILES string of the molecule is C=CCNC(=O)[C@@H](C)OC(=O)c1ccc(C)cc1O. The molecule has 2 N–H and O–H groups in total. The van der Waals surface area contributed by atoms with Crippen molar-refractivity contribution in [3.63, 3.8) is 0 Å². The molecule has 0 radical (unpaired) electrons. The molecule has 0 heterocycles. The first-order chi connectivity index (χ1) is 8.95. The van der Waals surface area contributed by atoms with Crippen LogP contribution in [0, 0.1) is 6.92 Å². The predicted molar refractivity (Wildman–Crippen MR) is 70.9 cm³/mol. The van der Waals surface area contributed by atoms with Gasteiger partial charge in [-0.3, -0.25) is 4.79 Å². The standard InChI is InChI=1S/C14H17NO4/c1-4-7-15-13(17)10(3)19-14(18)11-6-5-9(2)8-12(11)16/h4-6,8,10,16H,1,7H2,2-3H3,(H,15,17)/t10-/m1/s1. The molecule has 1 aromatic rings. The maximum atomic E-state index is 11.8. The predicted octanol–water partition coefficient (Wildman–Crippen LogP) is 1.55. The van der Waals surface area contributed by atoms with Crippen molar-refractivity contribution < 1.29 is 19.4 Å². The van der Waals surface area contributed by atoms with Crippen LogP contribution in [0.2, 0.25) is 0 Å². The molecule has 0 spiro atoms. The quantitative estimate of drug-likeness (QED) is 0.624. The number of phenolic OH excluding ortho intramolecular Hbond substituents is 1. The van der Waals surface area contributed by atoms with Gasteiger partial charge in [-0.1, -0.05) is 12.1 Å². The van der Waals surface area contributed by atoms with E-state index >= 15 is 0 Å². The van der Waals surface area contributed by atoms with Crippen LogP contribution in [0.25, 0.3) is 0 Å². The molecule has 1 aromatic carbocycles. The smallest absolute Gasteiger partial charge is 0.342 e. The molecular weight excluding hydrogens is 246 g/mol. The number of aryl methyl sites for hydroxylation is 1. The van der Waals surface area contributed by atoms with E-state index in [1.165, 1.54) is 25.1 Å². The highest BCUT2D eigenvalue weighted by atomic mass is 16.5. The Balaban J connectivity index is 2.68. The van der Waals surface area contributed by atoms with Gasteiger partial charge in [0, 0.05) is 6.54 Å². The van der Waals surface area contributed by atoms with Crippen LogP contribution in [0.5, 0.6) is 5.75 Å². The van der Waals surface area contributed by atoms with E-state index in [4.69, 9.17) is 4.74 Å². The topological polar surface area (TPSA) is 75.6 Å². The summed E-state index contributed by atoms with van der Waals surface area (Å²) in [6.45, 7) is 7.02. The summed E-state index contributed by atoms with van der Waals surface area (Å²) in [4.78, 5) is 23.3. The molecule has 1 rings (SSSR count). The van der Waals surface area contributed by atoms with Gasteiger partial charge in [0.1, 0.15) is 11.3 Å². The first-order valence-corrected chi connectivity index (χ1v) is 5.85. The summed E-state index contributed by atoms with van der Waals surface area (Å²) in [7, 11) is 0. The van der Waals surface area contributed by atoms with Gasteiger partial charge >= 0.3 is 5.97 Å². The van der Waals surface area contributed by atoms with E-state index in [9.17, 15) is 14.7 Å². The summed E-state index contributed by atoms with van der Waals surface area (Å²) in [5.74, 6) is -1.32. The number of carbonyl (C=O) groups is 2. The number of ether oxygens (including phenoxy) is 1. The molecule has 0 saturated heterocycles. The molecule has 5 nitrogen and oxygen atoms in total. The lowest BCUT2D eigenvalue weighted by Gasteiger charge is -2.13. The molecule has 0 unspecified atom stereocenters. The average Bonchev–Trinajstić information content (AvgIpc) is 2.35. The Bertz CT molecular complexity index is 496. The fourth-order valence-electron chi connectivity index (χ4n) is 1.41. The van der Waals surface area contributed by atoms with Crippen molar-refractivity contribution in [1.82, 2.24) is 5.32 Å². The van der Waals surface area contributed by atoms with Crippen LogP contribution in [0.3, 0.4) is 0 Å². The summed E-state index contributed by atoms with van der Waals surface area (Å²) in [5, 5.41) is 12.2. The number of amides is 1. The van der Waals surface area contributed by atoms with E-state index in [0.717, 1.165) is 5.56 Å². The second-order valence-corrected chi connectivity index (χ2v) is 4.10. The monoisotopic (exact) mass is 263 g/mol. The number of aromatic hydroxyl groups is 1. The summed E-state index contributed by atoms with van der Waals surface area (Å²) < 4.78 is 4.97. The number of hydrogen-bond acceptors (Lipinski definition) is 4. The molecule has 0 saturated carbocycles. The molecule has 0 aliphatic rings. The highest BCUT2D eigenvalue weighted by Gasteiger charge is 2.20. The van der Waals surface area contributed by atoms with Crippen molar-refractivity contribution in [2.24, 2.45) is 0 Å². The number of esters is 1. The molecule has 19 heavy (non-hydrogen) atoms. The third-order valence-electron chi connectivity index (χ3n) is 2.45. The number of benzene rings is 1. The lowest BCUT2D eigenvalue weighted by molar-refractivity contribution is -0.128. The zero-order valence-corrected chi connectivity index (χ0v) is 11.0. The van der Waals surface area contributed by atoms with Crippen LogP contribution < -0.4 is 5.32 Å². The number of phenols is 1. The van der Waals surface area contributed by atoms with E-state index in [1.807, 2.05) is 0 Å².